The van der Waals surface area contributed by atoms with E-state index in [1.54, 1.807) is 0 Å². The largest absolute Gasteiger partial charge is 0.472 e. The number of rotatable bonds is 84. The molecule has 624 valence electrons. The zero-order valence-electron chi connectivity index (χ0n) is 69.2. The molecule has 0 bridgehead atoms. The van der Waals surface area contributed by atoms with Gasteiger partial charge in [0.1, 0.15) is 19.3 Å². The average molecular weight is 1540 g/mol. The van der Waals surface area contributed by atoms with Crippen LogP contribution in [0, 0.1) is 17.8 Å². The molecule has 105 heavy (non-hydrogen) atoms. The number of carbonyl (C=O) groups is 4. The number of hydrogen-bond acceptors (Lipinski definition) is 15. The monoisotopic (exact) mass is 1540 g/mol. The second-order valence-corrected chi connectivity index (χ2v) is 35.3. The van der Waals surface area contributed by atoms with Crippen molar-refractivity contribution in [3.05, 3.63) is 0 Å². The van der Waals surface area contributed by atoms with Gasteiger partial charge < -0.3 is 33.8 Å². The van der Waals surface area contributed by atoms with Crippen LogP contribution in [0.25, 0.3) is 0 Å². The molecule has 0 aliphatic carbocycles. The van der Waals surface area contributed by atoms with Crippen LogP contribution in [0.15, 0.2) is 0 Å². The lowest BCUT2D eigenvalue weighted by molar-refractivity contribution is -0.161. The number of aliphatic hydroxyl groups is 1. The van der Waals surface area contributed by atoms with E-state index < -0.39 is 97.5 Å². The van der Waals surface area contributed by atoms with Crippen molar-refractivity contribution in [2.75, 3.05) is 39.6 Å². The third-order valence-corrected chi connectivity index (χ3v) is 22.0. The van der Waals surface area contributed by atoms with Gasteiger partial charge >= 0.3 is 39.5 Å². The molecule has 0 saturated heterocycles. The number of ether oxygens (including phenoxy) is 4. The molecule has 0 aromatic rings. The Labute approximate surface area is 645 Å². The van der Waals surface area contributed by atoms with Gasteiger partial charge in [-0.2, -0.15) is 0 Å². The Morgan fingerprint density at radius 2 is 0.438 bits per heavy atom. The van der Waals surface area contributed by atoms with E-state index in [1.165, 1.54) is 257 Å². The van der Waals surface area contributed by atoms with Gasteiger partial charge in [-0.25, -0.2) is 9.13 Å². The Kier molecular flexibility index (Phi) is 74.7. The Hall–Kier alpha value is -1.94. The summed E-state index contributed by atoms with van der Waals surface area (Å²) in [5.74, 6) is 0.164. The average Bonchev–Trinajstić information content (AvgIpc) is 0.936. The molecule has 0 spiro atoms. The molecule has 0 aromatic heterocycles. The zero-order chi connectivity index (χ0) is 77.2. The Morgan fingerprint density at radius 3 is 0.648 bits per heavy atom. The number of unbranched alkanes of at least 4 members (excludes halogenated alkanes) is 52. The number of hydrogen-bond donors (Lipinski definition) is 3. The van der Waals surface area contributed by atoms with Crippen molar-refractivity contribution in [1.29, 1.82) is 0 Å². The van der Waals surface area contributed by atoms with Crippen LogP contribution in [0.3, 0.4) is 0 Å². The molecule has 0 saturated carbocycles. The molecule has 17 nitrogen and oxygen atoms in total. The quantitative estimate of drug-likeness (QED) is 0.0222. The molecule has 0 amide bonds. The summed E-state index contributed by atoms with van der Waals surface area (Å²) in [5, 5.41) is 10.7. The lowest BCUT2D eigenvalue weighted by Crippen LogP contribution is -2.30. The third kappa shape index (κ3) is 79.9. The molecule has 2 unspecified atom stereocenters. The summed E-state index contributed by atoms with van der Waals surface area (Å²) in [6.45, 7) is 11.9. The summed E-state index contributed by atoms with van der Waals surface area (Å²) in [7, 11) is -9.93. The van der Waals surface area contributed by atoms with Crippen molar-refractivity contribution < 1.29 is 80.2 Å². The van der Waals surface area contributed by atoms with E-state index in [1.807, 2.05) is 0 Å². The molecule has 0 heterocycles. The van der Waals surface area contributed by atoms with Crippen LogP contribution in [0.5, 0.6) is 0 Å². The second-order valence-electron chi connectivity index (χ2n) is 32.4. The van der Waals surface area contributed by atoms with Crippen LogP contribution < -0.4 is 0 Å². The summed E-state index contributed by atoms with van der Waals surface area (Å²) in [4.78, 5) is 73.2. The minimum atomic E-state index is -4.97. The molecule has 0 fully saturated rings. The standard InChI is InChI=1S/C86H168O17P2/c1-8-9-10-11-12-13-14-15-16-17-18-19-20-21-22-25-31-36-41-46-55-62-69-85(90)102-81(73-96-83(88)67-60-53-45-40-35-30-26-23-24-28-33-38-43-50-57-64-77(2)3)75-100-104(92,93)98-71-80(87)72-99-105(94,95)101-76-82(74-97-84(89)68-61-54-49-48-52-59-66-79(6)7)103-86(91)70-63-56-47-42-37-32-27-29-34-39-44-51-58-65-78(4)5/h77-82,87H,8-76H2,1-7H3,(H,92,93)(H,94,95)/t80-,81-,82-/m1/s1. The fourth-order valence-corrected chi connectivity index (χ4v) is 14.9. The first-order valence-corrected chi connectivity index (χ1v) is 47.3. The zero-order valence-corrected chi connectivity index (χ0v) is 71.0. The fourth-order valence-electron chi connectivity index (χ4n) is 13.4. The molecule has 0 radical (unpaired) electrons. The first-order chi connectivity index (χ1) is 50.7. The SMILES string of the molecule is CCCCCCCCCCCCCCCCCCCCCCCCC(=O)O[C@H](COC(=O)CCCCCCCCCCCCCCCCCC(C)C)COP(=O)(O)OC[C@@H](O)COP(=O)(O)OC[C@@H](COC(=O)CCCCCCCCC(C)C)OC(=O)CCCCCCCCCCCCCCCC(C)C. The highest BCUT2D eigenvalue weighted by Crippen LogP contribution is 2.45. The molecule has 5 atom stereocenters. The highest BCUT2D eigenvalue weighted by Gasteiger charge is 2.30. The third-order valence-electron chi connectivity index (χ3n) is 20.1. The van der Waals surface area contributed by atoms with Crippen LogP contribution in [-0.4, -0.2) is 96.7 Å². The van der Waals surface area contributed by atoms with E-state index in [0.717, 1.165) is 108 Å². The maximum Gasteiger partial charge on any atom is 0.472 e. The molecule has 0 aromatic carbocycles. The molecule has 19 heteroatoms. The second kappa shape index (κ2) is 76.1. The van der Waals surface area contributed by atoms with Gasteiger partial charge in [0.15, 0.2) is 12.2 Å². The normalized spacial score (nSPS) is 13.9. The Bertz CT molecular complexity index is 2030. The summed E-state index contributed by atoms with van der Waals surface area (Å²) in [6, 6.07) is 0. The predicted molar refractivity (Wildman–Crippen MR) is 432 cm³/mol. The van der Waals surface area contributed by atoms with E-state index in [0.29, 0.717) is 31.6 Å². The Morgan fingerprint density at radius 1 is 0.257 bits per heavy atom. The smallest absolute Gasteiger partial charge is 0.462 e. The minimum Gasteiger partial charge on any atom is -0.462 e. The highest BCUT2D eigenvalue weighted by atomic mass is 31.2. The van der Waals surface area contributed by atoms with Gasteiger partial charge in [0.25, 0.3) is 0 Å². The van der Waals surface area contributed by atoms with Crippen LogP contribution >= 0.6 is 15.6 Å². The Balaban J connectivity index is 5.20. The van der Waals surface area contributed by atoms with Gasteiger partial charge in [-0.05, 0) is 43.4 Å². The van der Waals surface area contributed by atoms with Crippen LogP contribution in [0.4, 0.5) is 0 Å². The minimum absolute atomic E-state index is 0.106. The van der Waals surface area contributed by atoms with E-state index >= 15 is 0 Å². The summed E-state index contributed by atoms with van der Waals surface area (Å²) >= 11 is 0. The van der Waals surface area contributed by atoms with Crippen molar-refractivity contribution in [2.24, 2.45) is 17.8 Å². The predicted octanol–water partition coefficient (Wildman–Crippen LogP) is 26.1. The van der Waals surface area contributed by atoms with Crippen LogP contribution in [0.1, 0.15) is 453 Å². The lowest BCUT2D eigenvalue weighted by Gasteiger charge is -2.21. The van der Waals surface area contributed by atoms with Gasteiger partial charge in [-0.3, -0.25) is 37.3 Å². The van der Waals surface area contributed by atoms with Crippen molar-refractivity contribution in [1.82, 2.24) is 0 Å². The molecule has 0 aliphatic heterocycles. The summed E-state index contributed by atoms with van der Waals surface area (Å²) in [5.41, 5.74) is 0. The molecule has 0 aliphatic rings. The first kappa shape index (κ1) is 103. The number of carbonyl (C=O) groups excluding carboxylic acids is 4. The van der Waals surface area contributed by atoms with Crippen molar-refractivity contribution in [3.63, 3.8) is 0 Å². The van der Waals surface area contributed by atoms with Crippen LogP contribution in [0.2, 0.25) is 0 Å². The van der Waals surface area contributed by atoms with E-state index in [4.69, 9.17) is 37.0 Å². The first-order valence-electron chi connectivity index (χ1n) is 44.3. The highest BCUT2D eigenvalue weighted by molar-refractivity contribution is 7.47. The van der Waals surface area contributed by atoms with Gasteiger partial charge in [0.2, 0.25) is 0 Å². The van der Waals surface area contributed by atoms with Crippen molar-refractivity contribution in [3.8, 4) is 0 Å². The molecular formula is C86H168O17P2. The maximum absolute atomic E-state index is 13.1. The fraction of sp³-hybridized carbons (Fsp3) is 0.953. The van der Waals surface area contributed by atoms with Gasteiger partial charge in [-0.15, -0.1) is 0 Å². The number of phosphoric acid groups is 2. The lowest BCUT2D eigenvalue weighted by atomic mass is 10.0. The number of aliphatic hydroxyl groups excluding tert-OH is 1. The van der Waals surface area contributed by atoms with Gasteiger partial charge in [0.05, 0.1) is 26.4 Å². The van der Waals surface area contributed by atoms with Gasteiger partial charge in [-0.1, -0.05) is 402 Å². The summed E-state index contributed by atoms with van der Waals surface area (Å²) < 4.78 is 68.8. The molecule has 0 rings (SSSR count). The van der Waals surface area contributed by atoms with E-state index in [-0.39, 0.29) is 25.7 Å². The maximum atomic E-state index is 13.1. The topological polar surface area (TPSA) is 237 Å². The number of esters is 4. The van der Waals surface area contributed by atoms with Crippen molar-refractivity contribution >= 4 is 39.5 Å². The van der Waals surface area contributed by atoms with Crippen molar-refractivity contribution in [2.45, 2.75) is 471 Å². The van der Waals surface area contributed by atoms with Crippen LogP contribution in [-0.2, 0) is 65.4 Å². The van der Waals surface area contributed by atoms with Gasteiger partial charge in [0, 0.05) is 25.7 Å². The molecular weight excluding hydrogens is 1370 g/mol. The van der Waals surface area contributed by atoms with E-state index in [2.05, 4.69) is 48.5 Å². The number of phosphoric ester groups is 2. The van der Waals surface area contributed by atoms with E-state index in [9.17, 15) is 43.2 Å². The molecule has 3 N–H and O–H groups in total. The summed E-state index contributed by atoms with van der Waals surface area (Å²) in [6.07, 6.45) is 67.0.